The van der Waals surface area contributed by atoms with Crippen LogP contribution in [0.4, 0.5) is 0 Å². The summed E-state index contributed by atoms with van der Waals surface area (Å²) in [5.74, 6) is 0.566. The first-order chi connectivity index (χ1) is 5.42. The lowest BCUT2D eigenvalue weighted by molar-refractivity contribution is 0.112. The third kappa shape index (κ3) is 1.16. The molecule has 1 saturated carbocycles. The van der Waals surface area contributed by atoms with Crippen LogP contribution in [0.15, 0.2) is 18.3 Å². The molecule has 1 aromatic heterocycles. The van der Waals surface area contributed by atoms with Crippen molar-refractivity contribution in [3.8, 4) is 0 Å². The molecule has 1 aliphatic carbocycles. The van der Waals surface area contributed by atoms with Gasteiger partial charge in [0, 0.05) is 17.7 Å². The predicted molar refractivity (Wildman–Crippen MR) is 41.6 cm³/mol. The maximum Gasteiger partial charge on any atom is 0.151 e. The molecule has 1 aliphatic rings. The van der Waals surface area contributed by atoms with Crippen molar-refractivity contribution < 1.29 is 4.79 Å². The minimum atomic E-state index is 0.566. The van der Waals surface area contributed by atoms with E-state index in [1.807, 2.05) is 6.07 Å². The first-order valence-electron chi connectivity index (χ1n) is 3.82. The summed E-state index contributed by atoms with van der Waals surface area (Å²) in [7, 11) is 0. The van der Waals surface area contributed by atoms with E-state index in [2.05, 4.69) is 4.98 Å². The Morgan fingerprint density at radius 2 is 2.36 bits per heavy atom. The number of nitrogens with zero attached hydrogens (tertiary/aromatic N) is 1. The van der Waals surface area contributed by atoms with Gasteiger partial charge in [0.25, 0.3) is 0 Å². The number of rotatable bonds is 2. The summed E-state index contributed by atoms with van der Waals surface area (Å²) in [6.07, 6.45) is 5.02. The Kier molecular flexibility index (Phi) is 1.46. The molecule has 0 saturated heterocycles. The van der Waals surface area contributed by atoms with E-state index in [4.69, 9.17) is 0 Å². The minimum Gasteiger partial charge on any atom is -0.298 e. The van der Waals surface area contributed by atoms with Gasteiger partial charge in [0.2, 0.25) is 0 Å². The van der Waals surface area contributed by atoms with Gasteiger partial charge in [-0.05, 0) is 25.0 Å². The van der Waals surface area contributed by atoms with Crippen LogP contribution < -0.4 is 0 Å². The maximum atomic E-state index is 10.5. The third-order valence-corrected chi connectivity index (χ3v) is 1.96. The molecular weight excluding hydrogens is 138 g/mol. The highest BCUT2D eigenvalue weighted by molar-refractivity contribution is 5.76. The number of pyridine rings is 1. The van der Waals surface area contributed by atoms with Crippen LogP contribution in [0.2, 0.25) is 0 Å². The smallest absolute Gasteiger partial charge is 0.151 e. The van der Waals surface area contributed by atoms with Crippen molar-refractivity contribution in [1.29, 1.82) is 0 Å². The monoisotopic (exact) mass is 147 g/mol. The molecule has 0 amide bonds. The van der Waals surface area contributed by atoms with Crippen molar-refractivity contribution in [3.05, 3.63) is 29.6 Å². The van der Waals surface area contributed by atoms with E-state index in [1.165, 1.54) is 12.8 Å². The summed E-state index contributed by atoms with van der Waals surface area (Å²) in [5, 5.41) is 0. The molecule has 2 nitrogen and oxygen atoms in total. The lowest BCUT2D eigenvalue weighted by Crippen LogP contribution is -1.92. The zero-order valence-electron chi connectivity index (χ0n) is 6.16. The second-order valence-corrected chi connectivity index (χ2v) is 2.87. The molecule has 1 heterocycles. The number of carbonyl (C=O) groups excluding carboxylic acids is 1. The van der Waals surface area contributed by atoms with Crippen molar-refractivity contribution in [1.82, 2.24) is 4.98 Å². The predicted octanol–water partition coefficient (Wildman–Crippen LogP) is 1.77. The van der Waals surface area contributed by atoms with Crippen molar-refractivity contribution in [3.63, 3.8) is 0 Å². The van der Waals surface area contributed by atoms with Crippen molar-refractivity contribution >= 4 is 6.29 Å². The molecule has 0 aliphatic heterocycles. The Morgan fingerprint density at radius 1 is 1.55 bits per heavy atom. The summed E-state index contributed by atoms with van der Waals surface area (Å²) >= 11 is 0. The molecule has 0 radical (unpaired) electrons. The summed E-state index contributed by atoms with van der Waals surface area (Å²) in [6, 6.07) is 3.63. The molecule has 56 valence electrons. The number of aromatic nitrogens is 1. The van der Waals surface area contributed by atoms with Gasteiger partial charge in [-0.1, -0.05) is 0 Å². The van der Waals surface area contributed by atoms with Crippen LogP contribution in [0, 0.1) is 0 Å². The second kappa shape index (κ2) is 2.46. The summed E-state index contributed by atoms with van der Waals surface area (Å²) in [6.45, 7) is 0. The fraction of sp³-hybridized carbons (Fsp3) is 0.333. The standard InChI is InChI=1S/C9H9NO/c11-6-8-2-1-5-10-9(8)7-3-4-7/h1-2,5-7H,3-4H2. The van der Waals surface area contributed by atoms with Gasteiger partial charge >= 0.3 is 0 Å². The van der Waals surface area contributed by atoms with Crippen LogP contribution in [0.5, 0.6) is 0 Å². The number of hydrogen-bond acceptors (Lipinski definition) is 2. The molecule has 0 bridgehead atoms. The molecule has 2 rings (SSSR count). The first-order valence-corrected chi connectivity index (χ1v) is 3.82. The minimum absolute atomic E-state index is 0.566. The Labute approximate surface area is 65.3 Å². The Bertz CT molecular complexity index is 279. The van der Waals surface area contributed by atoms with Gasteiger partial charge in [-0.25, -0.2) is 0 Å². The van der Waals surface area contributed by atoms with E-state index < -0.39 is 0 Å². The summed E-state index contributed by atoms with van der Waals surface area (Å²) < 4.78 is 0. The molecule has 0 aromatic carbocycles. The highest BCUT2D eigenvalue weighted by atomic mass is 16.1. The molecule has 0 N–H and O–H groups in total. The van der Waals surface area contributed by atoms with Crippen LogP contribution in [-0.4, -0.2) is 11.3 Å². The fourth-order valence-corrected chi connectivity index (χ4v) is 1.23. The highest BCUT2D eigenvalue weighted by Gasteiger charge is 2.26. The topological polar surface area (TPSA) is 30.0 Å². The molecule has 11 heavy (non-hydrogen) atoms. The Balaban J connectivity index is 2.42. The average Bonchev–Trinajstić information content (AvgIpc) is 2.87. The number of carbonyl (C=O) groups is 1. The van der Waals surface area contributed by atoms with E-state index >= 15 is 0 Å². The lowest BCUT2D eigenvalue weighted by atomic mass is 10.1. The molecular formula is C9H9NO. The zero-order chi connectivity index (χ0) is 7.68. The number of aldehydes is 1. The van der Waals surface area contributed by atoms with E-state index in [0.717, 1.165) is 17.5 Å². The van der Waals surface area contributed by atoms with Gasteiger partial charge in [0.05, 0.1) is 5.69 Å². The van der Waals surface area contributed by atoms with Gasteiger partial charge in [0.15, 0.2) is 6.29 Å². The molecule has 0 spiro atoms. The summed E-state index contributed by atoms with van der Waals surface area (Å²) in [4.78, 5) is 14.7. The molecule has 0 unspecified atom stereocenters. The largest absolute Gasteiger partial charge is 0.298 e. The van der Waals surface area contributed by atoms with Gasteiger partial charge in [0.1, 0.15) is 0 Å². The maximum absolute atomic E-state index is 10.5. The van der Waals surface area contributed by atoms with E-state index in [1.54, 1.807) is 12.3 Å². The Hall–Kier alpha value is -1.18. The van der Waals surface area contributed by atoms with Crippen LogP contribution in [0.25, 0.3) is 0 Å². The summed E-state index contributed by atoms with van der Waals surface area (Å²) in [5.41, 5.74) is 1.75. The van der Waals surface area contributed by atoms with E-state index in [9.17, 15) is 4.79 Å². The quantitative estimate of drug-likeness (QED) is 0.597. The lowest BCUT2D eigenvalue weighted by Gasteiger charge is -1.98. The van der Waals surface area contributed by atoms with Gasteiger partial charge in [-0.3, -0.25) is 9.78 Å². The molecule has 0 atom stereocenters. The van der Waals surface area contributed by atoms with E-state index in [-0.39, 0.29) is 0 Å². The van der Waals surface area contributed by atoms with Crippen LogP contribution in [-0.2, 0) is 0 Å². The van der Waals surface area contributed by atoms with Gasteiger partial charge < -0.3 is 0 Å². The average molecular weight is 147 g/mol. The fourth-order valence-electron chi connectivity index (χ4n) is 1.23. The highest BCUT2D eigenvalue weighted by Crippen LogP contribution is 2.39. The van der Waals surface area contributed by atoms with Crippen molar-refractivity contribution in [2.24, 2.45) is 0 Å². The van der Waals surface area contributed by atoms with Gasteiger partial charge in [-0.2, -0.15) is 0 Å². The normalized spacial score (nSPS) is 16.4. The Morgan fingerprint density at radius 3 is 3.00 bits per heavy atom. The van der Waals surface area contributed by atoms with Crippen LogP contribution >= 0.6 is 0 Å². The third-order valence-electron chi connectivity index (χ3n) is 1.96. The zero-order valence-corrected chi connectivity index (χ0v) is 6.16. The number of hydrogen-bond donors (Lipinski definition) is 0. The molecule has 1 fully saturated rings. The molecule has 1 aromatic rings. The van der Waals surface area contributed by atoms with Crippen LogP contribution in [0.1, 0.15) is 34.8 Å². The van der Waals surface area contributed by atoms with Crippen molar-refractivity contribution in [2.75, 3.05) is 0 Å². The van der Waals surface area contributed by atoms with Crippen molar-refractivity contribution in [2.45, 2.75) is 18.8 Å². The van der Waals surface area contributed by atoms with Crippen LogP contribution in [0.3, 0.4) is 0 Å². The second-order valence-electron chi connectivity index (χ2n) is 2.87. The van der Waals surface area contributed by atoms with Gasteiger partial charge in [-0.15, -0.1) is 0 Å². The first kappa shape index (κ1) is 6.53. The molecule has 2 heteroatoms. The SMILES string of the molecule is O=Cc1cccnc1C1CC1. The van der Waals surface area contributed by atoms with E-state index in [0.29, 0.717) is 5.92 Å².